The lowest BCUT2D eigenvalue weighted by Crippen LogP contribution is -2.38. The minimum Gasteiger partial charge on any atom is -0.398 e. The van der Waals surface area contributed by atoms with Crippen LogP contribution in [-0.2, 0) is 18.3 Å². The van der Waals surface area contributed by atoms with Gasteiger partial charge in [-0.2, -0.15) is 0 Å². The van der Waals surface area contributed by atoms with Crippen LogP contribution in [0, 0.1) is 0 Å². The van der Waals surface area contributed by atoms with Crippen LogP contribution in [0.3, 0.4) is 0 Å². The molecular formula is C14H33NO4Si. The Morgan fingerprint density at radius 2 is 1.35 bits per heavy atom. The average Bonchev–Trinajstić information content (AvgIpc) is 2.47. The molecule has 0 aliphatic heterocycles. The first-order valence-corrected chi connectivity index (χ1v) is 10.1. The third-order valence-corrected chi connectivity index (χ3v) is 6.47. The molecule has 0 aromatic carbocycles. The van der Waals surface area contributed by atoms with Gasteiger partial charge in [0.1, 0.15) is 0 Å². The van der Waals surface area contributed by atoms with E-state index < -0.39 is 8.56 Å². The van der Waals surface area contributed by atoms with E-state index in [0.717, 1.165) is 58.5 Å². The SMILES string of the molecule is CCOCCN(CCC[Si](C)(OC)OC)CCOCC. The zero-order chi connectivity index (χ0) is 15.3. The molecule has 0 rings (SSSR count). The number of hydrogen-bond donors (Lipinski definition) is 0. The van der Waals surface area contributed by atoms with Gasteiger partial charge in [-0.1, -0.05) is 0 Å². The summed E-state index contributed by atoms with van der Waals surface area (Å²) in [4.78, 5) is 2.39. The Labute approximate surface area is 125 Å². The maximum Gasteiger partial charge on any atom is 0.334 e. The van der Waals surface area contributed by atoms with Crippen molar-refractivity contribution in [2.75, 3.05) is 60.3 Å². The first-order valence-electron chi connectivity index (χ1n) is 7.60. The topological polar surface area (TPSA) is 40.2 Å². The van der Waals surface area contributed by atoms with Gasteiger partial charge in [0.05, 0.1) is 13.2 Å². The molecule has 0 aliphatic rings. The summed E-state index contributed by atoms with van der Waals surface area (Å²) < 4.78 is 21.9. The van der Waals surface area contributed by atoms with Crippen molar-refractivity contribution >= 4 is 8.56 Å². The van der Waals surface area contributed by atoms with Gasteiger partial charge in [-0.3, -0.25) is 4.90 Å². The van der Waals surface area contributed by atoms with Crippen molar-refractivity contribution in [2.45, 2.75) is 32.9 Å². The molecule has 0 saturated carbocycles. The second-order valence-electron chi connectivity index (χ2n) is 4.88. The van der Waals surface area contributed by atoms with Gasteiger partial charge in [0.15, 0.2) is 0 Å². The Morgan fingerprint density at radius 1 is 0.850 bits per heavy atom. The Kier molecular flexibility index (Phi) is 12.7. The molecule has 0 heterocycles. The summed E-state index contributed by atoms with van der Waals surface area (Å²) in [6, 6.07) is 1.01. The predicted molar refractivity (Wildman–Crippen MR) is 84.5 cm³/mol. The summed E-state index contributed by atoms with van der Waals surface area (Å²) in [5.74, 6) is 0. The van der Waals surface area contributed by atoms with Crippen molar-refractivity contribution in [2.24, 2.45) is 0 Å². The van der Waals surface area contributed by atoms with Gasteiger partial charge in [0.25, 0.3) is 0 Å². The fraction of sp³-hybridized carbons (Fsp3) is 1.00. The summed E-state index contributed by atoms with van der Waals surface area (Å²) in [7, 11) is 1.57. The van der Waals surface area contributed by atoms with Crippen LogP contribution in [0.25, 0.3) is 0 Å². The fourth-order valence-corrected chi connectivity index (χ4v) is 3.30. The van der Waals surface area contributed by atoms with E-state index in [1.54, 1.807) is 14.2 Å². The maximum atomic E-state index is 5.51. The van der Waals surface area contributed by atoms with Gasteiger partial charge in [-0.05, 0) is 39.4 Å². The second kappa shape index (κ2) is 12.7. The van der Waals surface area contributed by atoms with Gasteiger partial charge in [0.2, 0.25) is 0 Å². The Morgan fingerprint density at radius 3 is 1.75 bits per heavy atom. The summed E-state index contributed by atoms with van der Waals surface area (Å²) >= 11 is 0. The van der Waals surface area contributed by atoms with E-state index in [4.69, 9.17) is 18.3 Å². The molecule has 0 fully saturated rings. The van der Waals surface area contributed by atoms with Gasteiger partial charge in [-0.25, -0.2) is 0 Å². The Hall–Kier alpha value is 0.0169. The van der Waals surface area contributed by atoms with Crippen LogP contribution in [0.2, 0.25) is 12.6 Å². The average molecular weight is 308 g/mol. The lowest BCUT2D eigenvalue weighted by molar-refractivity contribution is 0.0825. The monoisotopic (exact) mass is 307 g/mol. The van der Waals surface area contributed by atoms with Crippen molar-refractivity contribution in [3.05, 3.63) is 0 Å². The van der Waals surface area contributed by atoms with E-state index in [-0.39, 0.29) is 0 Å². The quantitative estimate of drug-likeness (QED) is 0.363. The van der Waals surface area contributed by atoms with Crippen molar-refractivity contribution in [3.8, 4) is 0 Å². The van der Waals surface area contributed by atoms with Gasteiger partial charge >= 0.3 is 8.56 Å². The van der Waals surface area contributed by atoms with Gasteiger partial charge < -0.3 is 18.3 Å². The normalized spacial score (nSPS) is 12.3. The largest absolute Gasteiger partial charge is 0.398 e. The highest BCUT2D eigenvalue weighted by Gasteiger charge is 2.27. The van der Waals surface area contributed by atoms with Gasteiger partial charge in [-0.15, -0.1) is 0 Å². The van der Waals surface area contributed by atoms with Crippen LogP contribution >= 0.6 is 0 Å². The standard InChI is InChI=1S/C14H33NO4Si/c1-6-18-12-10-15(11-13-19-7-2)9-8-14-20(5,16-3)17-4/h6-14H2,1-5H3. The molecule has 0 aromatic heterocycles. The molecule has 122 valence electrons. The molecule has 0 radical (unpaired) electrons. The number of hydrogen-bond acceptors (Lipinski definition) is 5. The fourth-order valence-electron chi connectivity index (χ4n) is 1.92. The molecule has 0 amide bonds. The highest BCUT2D eigenvalue weighted by atomic mass is 28.4. The van der Waals surface area contributed by atoms with Crippen LogP contribution in [0.15, 0.2) is 0 Å². The zero-order valence-corrected chi connectivity index (χ0v) is 14.9. The third kappa shape index (κ3) is 9.85. The predicted octanol–water partition coefficient (Wildman–Crippen LogP) is 2.12. The minimum absolute atomic E-state index is 0.775. The highest BCUT2D eigenvalue weighted by molar-refractivity contribution is 6.65. The molecule has 0 bridgehead atoms. The molecule has 0 saturated heterocycles. The van der Waals surface area contributed by atoms with Crippen molar-refractivity contribution < 1.29 is 18.3 Å². The Bertz CT molecular complexity index is 205. The van der Waals surface area contributed by atoms with E-state index in [0.29, 0.717) is 0 Å². The first-order chi connectivity index (χ1) is 9.61. The number of nitrogens with zero attached hydrogens (tertiary/aromatic N) is 1. The summed E-state index contributed by atoms with van der Waals surface area (Å²) in [6.45, 7) is 12.2. The van der Waals surface area contributed by atoms with E-state index >= 15 is 0 Å². The summed E-state index contributed by atoms with van der Waals surface area (Å²) in [6.07, 6.45) is 1.09. The summed E-state index contributed by atoms with van der Waals surface area (Å²) in [5, 5.41) is 0. The van der Waals surface area contributed by atoms with Crippen LogP contribution in [0.4, 0.5) is 0 Å². The first kappa shape index (κ1) is 20.0. The molecule has 5 nitrogen and oxygen atoms in total. The molecule has 0 N–H and O–H groups in total. The van der Waals surface area contributed by atoms with Crippen molar-refractivity contribution in [3.63, 3.8) is 0 Å². The van der Waals surface area contributed by atoms with Crippen molar-refractivity contribution in [1.82, 2.24) is 4.90 Å². The molecule has 6 heteroatoms. The summed E-state index contributed by atoms with van der Waals surface area (Å²) in [5.41, 5.74) is 0. The molecule has 0 atom stereocenters. The lowest BCUT2D eigenvalue weighted by atomic mass is 10.4. The molecule has 0 spiro atoms. The van der Waals surface area contributed by atoms with E-state index in [1.807, 2.05) is 13.8 Å². The molecular weight excluding hydrogens is 274 g/mol. The highest BCUT2D eigenvalue weighted by Crippen LogP contribution is 2.14. The molecule has 0 unspecified atom stereocenters. The zero-order valence-electron chi connectivity index (χ0n) is 13.9. The van der Waals surface area contributed by atoms with Gasteiger partial charge in [0, 0.05) is 40.5 Å². The molecule has 20 heavy (non-hydrogen) atoms. The third-order valence-electron chi connectivity index (χ3n) is 3.48. The smallest absolute Gasteiger partial charge is 0.334 e. The van der Waals surface area contributed by atoms with Crippen LogP contribution < -0.4 is 0 Å². The minimum atomic E-state index is -1.93. The maximum absolute atomic E-state index is 5.51. The van der Waals surface area contributed by atoms with Crippen molar-refractivity contribution in [1.29, 1.82) is 0 Å². The van der Waals surface area contributed by atoms with E-state index in [9.17, 15) is 0 Å². The van der Waals surface area contributed by atoms with Crippen LogP contribution in [0.5, 0.6) is 0 Å². The van der Waals surface area contributed by atoms with Crippen LogP contribution in [-0.4, -0.2) is 73.7 Å². The van der Waals surface area contributed by atoms with E-state index in [2.05, 4.69) is 11.4 Å². The molecule has 0 aliphatic carbocycles. The van der Waals surface area contributed by atoms with Crippen LogP contribution in [0.1, 0.15) is 20.3 Å². The number of ether oxygens (including phenoxy) is 2. The number of rotatable bonds is 14. The van der Waals surface area contributed by atoms with E-state index in [1.165, 1.54) is 0 Å². The lowest BCUT2D eigenvalue weighted by Gasteiger charge is -2.26. The Balaban J connectivity index is 3.99. The molecule has 0 aromatic rings. The second-order valence-corrected chi connectivity index (χ2v) is 8.47.